The lowest BCUT2D eigenvalue weighted by atomic mass is 10.0. The fourth-order valence-corrected chi connectivity index (χ4v) is 4.17. The zero-order valence-electron chi connectivity index (χ0n) is 10.4. The summed E-state index contributed by atoms with van der Waals surface area (Å²) in [5.74, 6) is 2.01. The van der Waals surface area contributed by atoms with Crippen molar-refractivity contribution in [3.8, 4) is 0 Å². The first kappa shape index (κ1) is 11.6. The normalized spacial score (nSPS) is 28.5. The van der Waals surface area contributed by atoms with Crippen molar-refractivity contribution in [2.24, 2.45) is 0 Å². The fraction of sp³-hybridized carbons (Fsp3) is 0.571. The lowest BCUT2D eigenvalue weighted by molar-refractivity contribution is 0.314. The van der Waals surface area contributed by atoms with E-state index in [1.807, 2.05) is 11.8 Å². The predicted octanol–water partition coefficient (Wildman–Crippen LogP) is 2.17. The van der Waals surface area contributed by atoms with Crippen LogP contribution in [0.15, 0.2) is 29.2 Å². The molecule has 1 fully saturated rings. The van der Waals surface area contributed by atoms with E-state index < -0.39 is 0 Å². The Balaban J connectivity index is 1.64. The van der Waals surface area contributed by atoms with Crippen LogP contribution in [0.3, 0.4) is 0 Å². The Labute approximate surface area is 108 Å². The van der Waals surface area contributed by atoms with Gasteiger partial charge in [0.1, 0.15) is 0 Å². The van der Waals surface area contributed by atoms with Crippen LogP contribution in [0.1, 0.15) is 17.9 Å². The quantitative estimate of drug-likeness (QED) is 0.882. The molecule has 1 N–H and O–H groups in total. The van der Waals surface area contributed by atoms with Crippen molar-refractivity contribution in [2.75, 3.05) is 32.4 Å². The van der Waals surface area contributed by atoms with E-state index >= 15 is 0 Å². The molecule has 1 saturated heterocycles. The maximum atomic E-state index is 3.39. The third-order valence-corrected chi connectivity index (χ3v) is 5.21. The Morgan fingerprint density at radius 3 is 3.12 bits per heavy atom. The molecule has 2 nitrogen and oxygen atoms in total. The van der Waals surface area contributed by atoms with Gasteiger partial charge in [-0.25, -0.2) is 0 Å². The molecule has 2 heterocycles. The maximum Gasteiger partial charge on any atom is 0.0204 e. The van der Waals surface area contributed by atoms with E-state index in [9.17, 15) is 0 Å². The Morgan fingerprint density at radius 1 is 1.41 bits per heavy atom. The lowest BCUT2D eigenvalue weighted by Crippen LogP contribution is -2.32. The van der Waals surface area contributed by atoms with Crippen molar-refractivity contribution < 1.29 is 0 Å². The number of nitrogens with zero attached hydrogens (tertiary/aromatic N) is 1. The number of likely N-dealkylation sites (tertiary alicyclic amines) is 1. The first-order chi connectivity index (χ1) is 8.36. The van der Waals surface area contributed by atoms with E-state index in [1.54, 1.807) is 5.56 Å². The standard InChI is InChI=1S/C14H20N2S/c1-15-12-6-7-16(9-12)8-11-10-17-14-5-3-2-4-13(11)14/h2-5,11-12,15H,6-10H2,1H3. The molecule has 0 aliphatic carbocycles. The zero-order valence-corrected chi connectivity index (χ0v) is 11.2. The van der Waals surface area contributed by atoms with Gasteiger partial charge in [-0.15, -0.1) is 11.8 Å². The Bertz CT molecular complexity index is 394. The van der Waals surface area contributed by atoms with Gasteiger partial charge in [0.05, 0.1) is 0 Å². The van der Waals surface area contributed by atoms with Crippen LogP contribution < -0.4 is 5.32 Å². The van der Waals surface area contributed by atoms with Gasteiger partial charge in [-0.05, 0) is 31.6 Å². The minimum Gasteiger partial charge on any atom is -0.316 e. The third-order valence-electron chi connectivity index (χ3n) is 3.96. The van der Waals surface area contributed by atoms with Crippen LogP contribution in [0.2, 0.25) is 0 Å². The summed E-state index contributed by atoms with van der Waals surface area (Å²) in [7, 11) is 2.08. The van der Waals surface area contributed by atoms with Gasteiger partial charge in [0, 0.05) is 35.7 Å². The van der Waals surface area contributed by atoms with Crippen molar-refractivity contribution in [3.63, 3.8) is 0 Å². The minimum atomic E-state index is 0.708. The van der Waals surface area contributed by atoms with Crippen LogP contribution in [-0.4, -0.2) is 43.4 Å². The number of hydrogen-bond donors (Lipinski definition) is 1. The Morgan fingerprint density at radius 2 is 2.29 bits per heavy atom. The summed E-state index contributed by atoms with van der Waals surface area (Å²) in [4.78, 5) is 4.12. The van der Waals surface area contributed by atoms with Gasteiger partial charge in [0.25, 0.3) is 0 Å². The first-order valence-electron chi connectivity index (χ1n) is 6.48. The monoisotopic (exact) mass is 248 g/mol. The van der Waals surface area contributed by atoms with Crippen LogP contribution in [0.25, 0.3) is 0 Å². The van der Waals surface area contributed by atoms with E-state index in [4.69, 9.17) is 0 Å². The average molecular weight is 248 g/mol. The molecular formula is C14H20N2S. The SMILES string of the molecule is CNC1CCN(CC2CSc3ccccc32)C1. The zero-order chi connectivity index (χ0) is 11.7. The van der Waals surface area contributed by atoms with Crippen LogP contribution in [0.5, 0.6) is 0 Å². The fourth-order valence-electron chi connectivity index (χ4n) is 2.93. The molecule has 1 aromatic rings. The smallest absolute Gasteiger partial charge is 0.0204 e. The highest BCUT2D eigenvalue weighted by Gasteiger charge is 2.28. The molecule has 92 valence electrons. The number of thioether (sulfide) groups is 1. The van der Waals surface area contributed by atoms with E-state index in [-0.39, 0.29) is 0 Å². The van der Waals surface area contributed by atoms with E-state index in [1.165, 1.54) is 36.7 Å². The molecule has 2 aliphatic heterocycles. The second-order valence-electron chi connectivity index (χ2n) is 5.08. The minimum absolute atomic E-state index is 0.708. The van der Waals surface area contributed by atoms with Crippen molar-refractivity contribution in [1.29, 1.82) is 0 Å². The van der Waals surface area contributed by atoms with Crippen molar-refractivity contribution in [3.05, 3.63) is 29.8 Å². The summed E-state index contributed by atoms with van der Waals surface area (Å²) >= 11 is 2.02. The van der Waals surface area contributed by atoms with Crippen LogP contribution in [0.4, 0.5) is 0 Å². The van der Waals surface area contributed by atoms with Gasteiger partial charge in [-0.1, -0.05) is 18.2 Å². The van der Waals surface area contributed by atoms with Gasteiger partial charge in [-0.2, -0.15) is 0 Å². The van der Waals surface area contributed by atoms with Crippen LogP contribution in [0, 0.1) is 0 Å². The second kappa shape index (κ2) is 5.01. The first-order valence-corrected chi connectivity index (χ1v) is 7.46. The van der Waals surface area contributed by atoms with Gasteiger partial charge >= 0.3 is 0 Å². The summed E-state index contributed by atoms with van der Waals surface area (Å²) in [6.45, 7) is 3.72. The molecule has 17 heavy (non-hydrogen) atoms. The average Bonchev–Trinajstić information content (AvgIpc) is 2.97. The molecule has 0 spiro atoms. The molecule has 0 amide bonds. The highest BCUT2D eigenvalue weighted by atomic mass is 32.2. The molecule has 2 atom stereocenters. The number of rotatable bonds is 3. The predicted molar refractivity (Wildman–Crippen MR) is 73.8 cm³/mol. The van der Waals surface area contributed by atoms with E-state index in [2.05, 4.69) is 41.5 Å². The molecule has 3 heteroatoms. The molecule has 2 unspecified atom stereocenters. The van der Waals surface area contributed by atoms with Crippen LogP contribution in [-0.2, 0) is 0 Å². The molecule has 0 bridgehead atoms. The summed E-state index contributed by atoms with van der Waals surface area (Å²) in [6, 6.07) is 9.62. The number of likely N-dealkylation sites (N-methyl/N-ethyl adjacent to an activating group) is 1. The Kier molecular flexibility index (Phi) is 3.41. The van der Waals surface area contributed by atoms with E-state index in [0.717, 1.165) is 5.92 Å². The second-order valence-corrected chi connectivity index (χ2v) is 6.14. The Hall–Kier alpha value is -0.510. The maximum absolute atomic E-state index is 3.39. The number of fused-ring (bicyclic) bond motifs is 1. The van der Waals surface area contributed by atoms with Crippen LogP contribution >= 0.6 is 11.8 Å². The largest absolute Gasteiger partial charge is 0.316 e. The molecular weight excluding hydrogens is 228 g/mol. The van der Waals surface area contributed by atoms with Gasteiger partial charge in [0.2, 0.25) is 0 Å². The number of hydrogen-bond acceptors (Lipinski definition) is 3. The molecule has 0 radical (unpaired) electrons. The van der Waals surface area contributed by atoms with Crippen molar-refractivity contribution in [1.82, 2.24) is 10.2 Å². The van der Waals surface area contributed by atoms with Gasteiger partial charge in [-0.3, -0.25) is 0 Å². The molecule has 1 aromatic carbocycles. The molecule has 3 rings (SSSR count). The summed E-state index contributed by atoms with van der Waals surface area (Å²) in [6.07, 6.45) is 1.30. The van der Waals surface area contributed by atoms with Crippen molar-refractivity contribution >= 4 is 11.8 Å². The summed E-state index contributed by atoms with van der Waals surface area (Å²) in [5, 5.41) is 3.39. The van der Waals surface area contributed by atoms with E-state index in [0.29, 0.717) is 6.04 Å². The molecule has 0 aromatic heterocycles. The summed E-state index contributed by atoms with van der Waals surface area (Å²) < 4.78 is 0. The lowest BCUT2D eigenvalue weighted by Gasteiger charge is -2.20. The topological polar surface area (TPSA) is 15.3 Å². The molecule has 0 saturated carbocycles. The van der Waals surface area contributed by atoms with Gasteiger partial charge in [0.15, 0.2) is 0 Å². The number of nitrogens with one attached hydrogen (secondary N) is 1. The highest BCUT2D eigenvalue weighted by molar-refractivity contribution is 7.99. The van der Waals surface area contributed by atoms with Crippen molar-refractivity contribution in [2.45, 2.75) is 23.3 Å². The number of benzene rings is 1. The molecule has 2 aliphatic rings. The highest BCUT2D eigenvalue weighted by Crippen LogP contribution is 2.39. The van der Waals surface area contributed by atoms with Gasteiger partial charge < -0.3 is 10.2 Å². The third kappa shape index (κ3) is 2.37. The summed E-state index contributed by atoms with van der Waals surface area (Å²) in [5.41, 5.74) is 1.57.